The molecule has 0 N–H and O–H groups in total. The van der Waals surface area contributed by atoms with Crippen molar-refractivity contribution in [1.29, 1.82) is 0 Å². The molecule has 1 atom stereocenters. The molecule has 5 nitrogen and oxygen atoms in total. The molecule has 0 unspecified atom stereocenters. The van der Waals surface area contributed by atoms with Gasteiger partial charge in [-0.15, -0.1) is 0 Å². The van der Waals surface area contributed by atoms with Crippen molar-refractivity contribution in [2.45, 2.75) is 26.8 Å². The first-order chi connectivity index (χ1) is 10.5. The highest BCUT2D eigenvalue weighted by Crippen LogP contribution is 2.30. The quantitative estimate of drug-likeness (QED) is 0.744. The number of nitrogens with zero attached hydrogens (tertiary/aromatic N) is 5. The molecule has 3 rings (SSSR count). The molecule has 0 bridgehead atoms. The minimum Gasteiger partial charge on any atom is -0.352 e. The number of hydrogen-bond acceptors (Lipinski definition) is 4. The van der Waals surface area contributed by atoms with Crippen LogP contribution in [0, 0.1) is 13.8 Å². The van der Waals surface area contributed by atoms with E-state index in [1.807, 2.05) is 13.2 Å². The van der Waals surface area contributed by atoms with Crippen LogP contribution in [0.3, 0.4) is 0 Å². The second-order valence-electron chi connectivity index (χ2n) is 5.85. The van der Waals surface area contributed by atoms with Crippen molar-refractivity contribution < 1.29 is 0 Å². The van der Waals surface area contributed by atoms with E-state index in [0.717, 1.165) is 16.9 Å². The first-order valence-electron chi connectivity index (χ1n) is 7.41. The van der Waals surface area contributed by atoms with Gasteiger partial charge in [0.1, 0.15) is 12.1 Å². The summed E-state index contributed by atoms with van der Waals surface area (Å²) in [4.78, 5) is 11.0. The number of hydrogen-bond donors (Lipinski definition) is 0. The Morgan fingerprint density at radius 1 is 1.18 bits per heavy atom. The highest BCUT2D eigenvalue weighted by atomic mass is 15.3. The monoisotopic (exact) mass is 295 g/mol. The standard InChI is InChI=1S/C17H21N5/c1-11-6-7-14(12(2)8-11)13(3)21(4)16-15-9-20-22(5)17(15)19-10-18-16/h6-10,13H,1-5H3/t13-/m0/s1. The Balaban J connectivity index is 2.03. The van der Waals surface area contributed by atoms with E-state index in [1.54, 1.807) is 11.0 Å². The first kappa shape index (κ1) is 14.5. The van der Waals surface area contributed by atoms with Crippen LogP contribution >= 0.6 is 0 Å². The first-order valence-corrected chi connectivity index (χ1v) is 7.41. The molecular weight excluding hydrogens is 274 g/mol. The lowest BCUT2D eigenvalue weighted by molar-refractivity contribution is 0.725. The van der Waals surface area contributed by atoms with Crippen LogP contribution in [-0.4, -0.2) is 26.8 Å². The molecule has 0 aliphatic rings. The molecule has 3 aromatic rings. The zero-order valence-electron chi connectivity index (χ0n) is 13.7. The van der Waals surface area contributed by atoms with E-state index in [0.29, 0.717) is 0 Å². The molecule has 0 saturated carbocycles. The van der Waals surface area contributed by atoms with Crippen LogP contribution in [0.4, 0.5) is 5.82 Å². The Labute approximate surface area is 130 Å². The summed E-state index contributed by atoms with van der Waals surface area (Å²) in [6.45, 7) is 6.48. The van der Waals surface area contributed by atoms with Gasteiger partial charge in [-0.3, -0.25) is 4.68 Å². The van der Waals surface area contributed by atoms with E-state index in [4.69, 9.17) is 0 Å². The minimum atomic E-state index is 0.221. The summed E-state index contributed by atoms with van der Waals surface area (Å²) in [5, 5.41) is 5.26. The van der Waals surface area contributed by atoms with Gasteiger partial charge >= 0.3 is 0 Å². The molecule has 1 aromatic carbocycles. The molecule has 0 saturated heterocycles. The van der Waals surface area contributed by atoms with E-state index in [9.17, 15) is 0 Å². The van der Waals surface area contributed by atoms with Crippen LogP contribution in [-0.2, 0) is 7.05 Å². The average Bonchev–Trinajstić information content (AvgIpc) is 2.87. The molecule has 114 valence electrons. The second kappa shape index (κ2) is 5.40. The van der Waals surface area contributed by atoms with Crippen LogP contribution in [0.2, 0.25) is 0 Å². The van der Waals surface area contributed by atoms with E-state index in [-0.39, 0.29) is 6.04 Å². The van der Waals surface area contributed by atoms with E-state index < -0.39 is 0 Å². The van der Waals surface area contributed by atoms with Gasteiger partial charge in [0.15, 0.2) is 5.65 Å². The topological polar surface area (TPSA) is 46.8 Å². The van der Waals surface area contributed by atoms with Gasteiger partial charge in [-0.25, -0.2) is 9.97 Å². The van der Waals surface area contributed by atoms with Gasteiger partial charge in [-0.2, -0.15) is 5.10 Å². The predicted molar refractivity (Wildman–Crippen MR) is 89.0 cm³/mol. The maximum absolute atomic E-state index is 4.48. The number of aryl methyl sites for hydroxylation is 3. The van der Waals surface area contributed by atoms with Gasteiger partial charge < -0.3 is 4.90 Å². The lowest BCUT2D eigenvalue weighted by atomic mass is 9.99. The Hall–Kier alpha value is -2.43. The molecule has 22 heavy (non-hydrogen) atoms. The summed E-state index contributed by atoms with van der Waals surface area (Å²) in [7, 11) is 3.96. The molecular formula is C17H21N5. The Kier molecular flexibility index (Phi) is 3.56. The molecule has 5 heteroatoms. The SMILES string of the molecule is Cc1ccc([C@H](C)N(C)c2ncnc3c2cnn3C)c(C)c1. The molecule has 2 aromatic heterocycles. The minimum absolute atomic E-state index is 0.221. The van der Waals surface area contributed by atoms with E-state index in [1.165, 1.54) is 16.7 Å². The van der Waals surface area contributed by atoms with Gasteiger partial charge in [0.25, 0.3) is 0 Å². The smallest absolute Gasteiger partial charge is 0.163 e. The van der Waals surface area contributed by atoms with Crippen LogP contribution in [0.5, 0.6) is 0 Å². The summed E-state index contributed by atoms with van der Waals surface area (Å²) < 4.78 is 1.77. The van der Waals surface area contributed by atoms with Crippen LogP contribution < -0.4 is 4.90 Å². The van der Waals surface area contributed by atoms with Gasteiger partial charge in [-0.1, -0.05) is 23.8 Å². The van der Waals surface area contributed by atoms with Crippen LogP contribution in [0.25, 0.3) is 11.0 Å². The lowest BCUT2D eigenvalue weighted by Crippen LogP contribution is -2.23. The molecule has 0 fully saturated rings. The lowest BCUT2D eigenvalue weighted by Gasteiger charge is -2.28. The van der Waals surface area contributed by atoms with Gasteiger partial charge in [-0.05, 0) is 31.9 Å². The van der Waals surface area contributed by atoms with Gasteiger partial charge in [0.05, 0.1) is 17.6 Å². The van der Waals surface area contributed by atoms with Crippen molar-refractivity contribution in [3.63, 3.8) is 0 Å². The summed E-state index contributed by atoms with van der Waals surface area (Å²) in [5.74, 6) is 0.908. The average molecular weight is 295 g/mol. The van der Waals surface area contributed by atoms with Gasteiger partial charge in [0, 0.05) is 14.1 Å². The Morgan fingerprint density at radius 2 is 1.95 bits per heavy atom. The number of benzene rings is 1. The van der Waals surface area contributed by atoms with Crippen molar-refractivity contribution in [2.24, 2.45) is 7.05 Å². The highest BCUT2D eigenvalue weighted by Gasteiger charge is 2.19. The van der Waals surface area contributed by atoms with Crippen molar-refractivity contribution in [1.82, 2.24) is 19.7 Å². The third-order valence-electron chi connectivity index (χ3n) is 4.30. The van der Waals surface area contributed by atoms with Crippen molar-refractivity contribution in [3.05, 3.63) is 47.4 Å². The molecule has 0 spiro atoms. The fourth-order valence-electron chi connectivity index (χ4n) is 2.92. The van der Waals surface area contributed by atoms with Crippen molar-refractivity contribution in [2.75, 3.05) is 11.9 Å². The third kappa shape index (κ3) is 2.32. The van der Waals surface area contributed by atoms with Crippen LogP contribution in [0.1, 0.15) is 29.7 Å². The summed E-state index contributed by atoms with van der Waals surface area (Å²) >= 11 is 0. The number of fused-ring (bicyclic) bond motifs is 1. The Bertz CT molecular complexity index is 821. The summed E-state index contributed by atoms with van der Waals surface area (Å²) in [6, 6.07) is 6.80. The molecule has 0 aliphatic heterocycles. The molecule has 2 heterocycles. The van der Waals surface area contributed by atoms with Gasteiger partial charge in [0.2, 0.25) is 0 Å². The molecule has 0 radical (unpaired) electrons. The largest absolute Gasteiger partial charge is 0.352 e. The third-order valence-corrected chi connectivity index (χ3v) is 4.30. The summed E-state index contributed by atoms with van der Waals surface area (Å²) in [6.07, 6.45) is 3.43. The van der Waals surface area contributed by atoms with Crippen molar-refractivity contribution >= 4 is 16.9 Å². The van der Waals surface area contributed by atoms with E-state index >= 15 is 0 Å². The zero-order chi connectivity index (χ0) is 15.9. The Morgan fingerprint density at radius 3 is 2.68 bits per heavy atom. The maximum atomic E-state index is 4.48. The number of rotatable bonds is 3. The van der Waals surface area contributed by atoms with Crippen molar-refractivity contribution in [3.8, 4) is 0 Å². The molecule has 0 amide bonds. The fourth-order valence-corrected chi connectivity index (χ4v) is 2.92. The summed E-state index contributed by atoms with van der Waals surface area (Å²) in [5.41, 5.74) is 4.75. The predicted octanol–water partition coefficient (Wildman–Crippen LogP) is 3.18. The van der Waals surface area contributed by atoms with E-state index in [2.05, 4.69) is 66.0 Å². The molecule has 0 aliphatic carbocycles. The number of anilines is 1. The fraction of sp³-hybridized carbons (Fsp3) is 0.353. The van der Waals surface area contributed by atoms with Crippen LogP contribution in [0.15, 0.2) is 30.7 Å². The normalized spacial score (nSPS) is 12.6. The highest BCUT2D eigenvalue weighted by molar-refractivity contribution is 5.86. The zero-order valence-corrected chi connectivity index (χ0v) is 13.7. The maximum Gasteiger partial charge on any atom is 0.163 e. The number of aromatic nitrogens is 4. The second-order valence-corrected chi connectivity index (χ2v) is 5.85.